The fourth-order valence-corrected chi connectivity index (χ4v) is 3.43. The minimum atomic E-state index is 0.590. The molecule has 1 saturated carbocycles. The first-order valence-electron chi connectivity index (χ1n) is 8.11. The third-order valence-electron chi connectivity index (χ3n) is 4.27. The van der Waals surface area contributed by atoms with Crippen LogP contribution in [0.25, 0.3) is 0 Å². The second kappa shape index (κ2) is 8.78. The Kier molecular flexibility index (Phi) is 7.01. The molecule has 112 valence electrons. The predicted molar refractivity (Wildman–Crippen MR) is 88.9 cm³/mol. The van der Waals surface area contributed by atoms with Crippen LogP contribution in [0.4, 0.5) is 0 Å². The van der Waals surface area contributed by atoms with Crippen molar-refractivity contribution in [3.63, 3.8) is 0 Å². The summed E-state index contributed by atoms with van der Waals surface area (Å²) in [5, 5.41) is 3.73. The lowest BCUT2D eigenvalue weighted by Gasteiger charge is -2.27. The van der Waals surface area contributed by atoms with Gasteiger partial charge < -0.3 is 5.32 Å². The molecule has 0 bridgehead atoms. The SMILES string of the molecule is CCCNC(Cc1ccc(Br)cn1)CC1CCCCC1. The molecular weight excluding hydrogens is 312 g/mol. The number of halogens is 1. The lowest BCUT2D eigenvalue weighted by atomic mass is 9.84. The van der Waals surface area contributed by atoms with Gasteiger partial charge in [-0.05, 0) is 53.4 Å². The summed E-state index contributed by atoms with van der Waals surface area (Å²) in [7, 11) is 0. The van der Waals surface area contributed by atoms with Crippen molar-refractivity contribution in [2.24, 2.45) is 5.92 Å². The second-order valence-electron chi connectivity index (χ2n) is 6.06. The molecule has 3 heteroatoms. The van der Waals surface area contributed by atoms with Gasteiger partial charge in [-0.1, -0.05) is 39.0 Å². The summed E-state index contributed by atoms with van der Waals surface area (Å²) in [6.45, 7) is 3.36. The van der Waals surface area contributed by atoms with Crippen molar-refractivity contribution >= 4 is 15.9 Å². The number of nitrogens with one attached hydrogen (secondary N) is 1. The second-order valence-corrected chi connectivity index (χ2v) is 6.98. The van der Waals surface area contributed by atoms with Gasteiger partial charge in [0.1, 0.15) is 0 Å². The van der Waals surface area contributed by atoms with Crippen LogP contribution in [0.15, 0.2) is 22.8 Å². The lowest BCUT2D eigenvalue weighted by molar-refractivity contribution is 0.296. The molecule has 2 nitrogen and oxygen atoms in total. The molecule has 0 saturated heterocycles. The van der Waals surface area contributed by atoms with Crippen LogP contribution in [0.3, 0.4) is 0 Å². The predicted octanol–water partition coefficient (Wildman–Crippen LogP) is 4.73. The van der Waals surface area contributed by atoms with Crippen LogP contribution in [0.2, 0.25) is 0 Å². The molecular formula is C17H27BrN2. The Morgan fingerprint density at radius 1 is 1.30 bits per heavy atom. The van der Waals surface area contributed by atoms with Crippen molar-refractivity contribution in [2.75, 3.05) is 6.54 Å². The van der Waals surface area contributed by atoms with Crippen LogP contribution >= 0.6 is 15.9 Å². The highest BCUT2D eigenvalue weighted by atomic mass is 79.9. The highest BCUT2D eigenvalue weighted by Gasteiger charge is 2.19. The molecule has 0 spiro atoms. The van der Waals surface area contributed by atoms with E-state index in [0.717, 1.165) is 23.4 Å². The maximum atomic E-state index is 4.53. The lowest BCUT2D eigenvalue weighted by Crippen LogP contribution is -2.34. The Morgan fingerprint density at radius 3 is 2.75 bits per heavy atom. The minimum Gasteiger partial charge on any atom is -0.314 e. The average molecular weight is 339 g/mol. The Labute approximate surface area is 131 Å². The summed E-state index contributed by atoms with van der Waals surface area (Å²) in [5.41, 5.74) is 1.21. The van der Waals surface area contributed by atoms with Crippen LogP contribution in [0.5, 0.6) is 0 Å². The van der Waals surface area contributed by atoms with Crippen LogP contribution < -0.4 is 5.32 Å². The zero-order valence-electron chi connectivity index (χ0n) is 12.6. The summed E-state index contributed by atoms with van der Waals surface area (Å²) < 4.78 is 1.06. The summed E-state index contributed by atoms with van der Waals surface area (Å²) in [6, 6.07) is 4.83. The molecule has 0 aliphatic heterocycles. The summed E-state index contributed by atoms with van der Waals surface area (Å²) >= 11 is 3.46. The molecule has 0 aromatic carbocycles. The zero-order valence-corrected chi connectivity index (χ0v) is 14.2. The van der Waals surface area contributed by atoms with Crippen LogP contribution in [0, 0.1) is 5.92 Å². The molecule has 1 atom stereocenters. The van der Waals surface area contributed by atoms with Crippen molar-refractivity contribution in [2.45, 2.75) is 64.3 Å². The molecule has 0 radical (unpaired) electrons. The van der Waals surface area contributed by atoms with Gasteiger partial charge in [-0.2, -0.15) is 0 Å². The molecule has 1 aliphatic carbocycles. The number of rotatable bonds is 7. The van der Waals surface area contributed by atoms with Crippen molar-refractivity contribution in [1.29, 1.82) is 0 Å². The third kappa shape index (κ3) is 5.53. The largest absolute Gasteiger partial charge is 0.314 e. The van der Waals surface area contributed by atoms with Gasteiger partial charge in [0.2, 0.25) is 0 Å². The van der Waals surface area contributed by atoms with E-state index in [1.807, 2.05) is 6.20 Å². The molecule has 1 unspecified atom stereocenters. The summed E-state index contributed by atoms with van der Waals surface area (Å²) in [4.78, 5) is 4.53. The first-order valence-corrected chi connectivity index (χ1v) is 8.91. The van der Waals surface area contributed by atoms with E-state index in [9.17, 15) is 0 Å². The van der Waals surface area contributed by atoms with E-state index in [0.29, 0.717) is 6.04 Å². The fourth-order valence-electron chi connectivity index (χ4n) is 3.19. The highest BCUT2D eigenvalue weighted by Crippen LogP contribution is 2.28. The van der Waals surface area contributed by atoms with Gasteiger partial charge in [0.15, 0.2) is 0 Å². The quantitative estimate of drug-likeness (QED) is 0.777. The topological polar surface area (TPSA) is 24.9 Å². The van der Waals surface area contributed by atoms with Crippen molar-refractivity contribution in [1.82, 2.24) is 10.3 Å². The molecule has 2 rings (SSSR count). The number of nitrogens with zero attached hydrogens (tertiary/aromatic N) is 1. The van der Waals surface area contributed by atoms with Crippen LogP contribution in [-0.4, -0.2) is 17.6 Å². The third-order valence-corrected chi connectivity index (χ3v) is 4.74. The molecule has 1 aliphatic rings. The maximum absolute atomic E-state index is 4.53. The van der Waals surface area contributed by atoms with Gasteiger partial charge in [-0.25, -0.2) is 0 Å². The van der Waals surface area contributed by atoms with Crippen LogP contribution in [-0.2, 0) is 6.42 Å². The molecule has 1 heterocycles. The number of hydrogen-bond acceptors (Lipinski definition) is 2. The molecule has 1 fully saturated rings. The molecule has 0 amide bonds. The van der Waals surface area contributed by atoms with E-state index in [4.69, 9.17) is 0 Å². The van der Waals surface area contributed by atoms with Crippen LogP contribution in [0.1, 0.15) is 57.6 Å². The zero-order chi connectivity index (χ0) is 14.2. The van der Waals surface area contributed by atoms with E-state index < -0.39 is 0 Å². The van der Waals surface area contributed by atoms with Gasteiger partial charge in [0.25, 0.3) is 0 Å². The van der Waals surface area contributed by atoms with Crippen molar-refractivity contribution < 1.29 is 0 Å². The highest BCUT2D eigenvalue weighted by molar-refractivity contribution is 9.10. The smallest absolute Gasteiger partial charge is 0.0419 e. The summed E-state index contributed by atoms with van der Waals surface area (Å²) in [6.07, 6.45) is 12.7. The standard InChI is InChI=1S/C17H27BrN2/c1-2-10-19-17(11-14-6-4-3-5-7-14)12-16-9-8-15(18)13-20-16/h8-9,13-14,17,19H,2-7,10-12H2,1H3. The number of aromatic nitrogens is 1. The average Bonchev–Trinajstić information content (AvgIpc) is 2.48. The molecule has 1 aromatic rings. The van der Waals surface area contributed by atoms with Gasteiger partial charge in [-0.3, -0.25) is 4.98 Å². The van der Waals surface area contributed by atoms with E-state index >= 15 is 0 Å². The Bertz CT molecular complexity index is 371. The molecule has 1 aromatic heterocycles. The fraction of sp³-hybridized carbons (Fsp3) is 0.706. The summed E-state index contributed by atoms with van der Waals surface area (Å²) in [5.74, 6) is 0.925. The Morgan fingerprint density at radius 2 is 2.10 bits per heavy atom. The first kappa shape index (κ1) is 16.0. The first-order chi connectivity index (χ1) is 9.78. The van der Waals surface area contributed by atoms with E-state index in [1.165, 1.54) is 50.6 Å². The van der Waals surface area contributed by atoms with E-state index in [-0.39, 0.29) is 0 Å². The minimum absolute atomic E-state index is 0.590. The van der Waals surface area contributed by atoms with Crippen molar-refractivity contribution in [3.8, 4) is 0 Å². The monoisotopic (exact) mass is 338 g/mol. The normalized spacial score (nSPS) is 18.1. The number of hydrogen-bond donors (Lipinski definition) is 1. The Balaban J connectivity index is 1.89. The molecule has 1 N–H and O–H groups in total. The van der Waals surface area contributed by atoms with Gasteiger partial charge in [0.05, 0.1) is 0 Å². The van der Waals surface area contributed by atoms with E-state index in [2.05, 4.69) is 45.3 Å². The van der Waals surface area contributed by atoms with Gasteiger partial charge >= 0.3 is 0 Å². The van der Waals surface area contributed by atoms with Gasteiger partial charge in [0, 0.05) is 28.8 Å². The van der Waals surface area contributed by atoms with E-state index in [1.54, 1.807) is 0 Å². The number of pyridine rings is 1. The van der Waals surface area contributed by atoms with Gasteiger partial charge in [-0.15, -0.1) is 0 Å². The molecule has 20 heavy (non-hydrogen) atoms. The Hall–Kier alpha value is -0.410. The maximum Gasteiger partial charge on any atom is 0.0419 e. The van der Waals surface area contributed by atoms with Crippen molar-refractivity contribution in [3.05, 3.63) is 28.5 Å².